The highest BCUT2D eigenvalue weighted by Gasteiger charge is 2.29. The number of rotatable bonds is 5. The van der Waals surface area contributed by atoms with E-state index in [1.54, 1.807) is 0 Å². The predicted octanol–water partition coefficient (Wildman–Crippen LogP) is 0.904. The normalized spacial score (nSPS) is 11.5. The Morgan fingerprint density at radius 3 is 2.76 bits per heavy atom. The number of hydrogen-bond acceptors (Lipinski definition) is 7. The monoisotopic (exact) mass is 316 g/mol. The van der Waals surface area contributed by atoms with Crippen LogP contribution in [0.3, 0.4) is 0 Å². The summed E-state index contributed by atoms with van der Waals surface area (Å²) in [5.74, 6) is -0.950. The summed E-state index contributed by atoms with van der Waals surface area (Å²) in [5.41, 5.74) is -1.12. The van der Waals surface area contributed by atoms with Gasteiger partial charge in [0.1, 0.15) is 0 Å². The van der Waals surface area contributed by atoms with Gasteiger partial charge in [0.2, 0.25) is 21.7 Å². The number of nitro groups is 1. The molecule has 1 N–H and O–H groups in total. The van der Waals surface area contributed by atoms with Gasteiger partial charge in [-0.1, -0.05) is 11.2 Å². The number of nitro benzene ring substituents is 1. The van der Waals surface area contributed by atoms with Gasteiger partial charge in [-0.3, -0.25) is 10.1 Å². The number of para-hydroxylation sites is 1. The van der Waals surface area contributed by atoms with Gasteiger partial charge in [0.25, 0.3) is 0 Å². The zero-order valence-electron chi connectivity index (χ0n) is 10.6. The largest absolute Gasteiger partial charge is 0.340 e. The Morgan fingerprint density at radius 2 is 2.19 bits per heavy atom. The van der Waals surface area contributed by atoms with Crippen LogP contribution >= 0.6 is 0 Å². The van der Waals surface area contributed by atoms with Gasteiger partial charge in [-0.25, -0.2) is 13.1 Å². The molecule has 1 heterocycles. The van der Waals surface area contributed by atoms with Crippen molar-refractivity contribution in [3.8, 4) is 0 Å². The fourth-order valence-corrected chi connectivity index (χ4v) is 2.70. The maximum absolute atomic E-state index is 13.4. The summed E-state index contributed by atoms with van der Waals surface area (Å²) in [5, 5.41) is 14.3. The lowest BCUT2D eigenvalue weighted by Crippen LogP contribution is -2.25. The zero-order chi connectivity index (χ0) is 15.6. The highest BCUT2D eigenvalue weighted by Crippen LogP contribution is 2.26. The summed E-state index contributed by atoms with van der Waals surface area (Å²) in [4.78, 5) is 12.7. The number of sulfonamides is 1. The minimum absolute atomic E-state index is 0.0510. The molecule has 0 fully saturated rings. The highest BCUT2D eigenvalue weighted by molar-refractivity contribution is 7.89. The number of aromatic nitrogens is 2. The number of halogens is 1. The second-order valence-electron chi connectivity index (χ2n) is 3.90. The van der Waals surface area contributed by atoms with Crippen LogP contribution in [0, 0.1) is 22.9 Å². The van der Waals surface area contributed by atoms with Crippen molar-refractivity contribution in [3.05, 3.63) is 45.8 Å². The topological polar surface area (TPSA) is 128 Å². The van der Waals surface area contributed by atoms with Gasteiger partial charge in [-0.2, -0.15) is 9.37 Å². The van der Waals surface area contributed by atoms with Gasteiger partial charge in [0.15, 0.2) is 10.7 Å². The van der Waals surface area contributed by atoms with E-state index >= 15 is 0 Å². The number of aryl methyl sites for hydroxylation is 1. The molecular weight excluding hydrogens is 307 g/mol. The van der Waals surface area contributed by atoms with Crippen molar-refractivity contribution in [2.45, 2.75) is 18.4 Å². The molecule has 11 heteroatoms. The van der Waals surface area contributed by atoms with Gasteiger partial charge in [-0.15, -0.1) is 0 Å². The summed E-state index contributed by atoms with van der Waals surface area (Å²) in [6, 6.07) is 2.81. The number of benzene rings is 1. The first kappa shape index (κ1) is 15.0. The average molecular weight is 316 g/mol. The van der Waals surface area contributed by atoms with E-state index in [9.17, 15) is 22.9 Å². The number of nitrogens with zero attached hydrogens (tertiary/aromatic N) is 3. The molecule has 2 aromatic rings. The molecular formula is C10H9FN4O5S. The van der Waals surface area contributed by atoms with Crippen LogP contribution in [-0.2, 0) is 16.6 Å². The fourth-order valence-electron chi connectivity index (χ4n) is 1.54. The quantitative estimate of drug-likeness (QED) is 0.641. The first-order valence-corrected chi connectivity index (χ1v) is 7.01. The lowest BCUT2D eigenvalue weighted by molar-refractivity contribution is -0.390. The van der Waals surface area contributed by atoms with Crippen LogP contribution in [0.5, 0.6) is 0 Å². The average Bonchev–Trinajstić information content (AvgIpc) is 2.82. The van der Waals surface area contributed by atoms with E-state index in [0.717, 1.165) is 18.2 Å². The van der Waals surface area contributed by atoms with E-state index in [2.05, 4.69) is 14.7 Å². The smallest absolute Gasteiger partial charge is 0.324 e. The van der Waals surface area contributed by atoms with Crippen LogP contribution < -0.4 is 4.72 Å². The van der Waals surface area contributed by atoms with Crippen LogP contribution in [0.1, 0.15) is 11.7 Å². The van der Waals surface area contributed by atoms with E-state index in [0.29, 0.717) is 0 Å². The van der Waals surface area contributed by atoms with E-state index in [-0.39, 0.29) is 18.3 Å². The van der Waals surface area contributed by atoms with Crippen molar-refractivity contribution in [1.29, 1.82) is 0 Å². The number of hydrogen-bond donors (Lipinski definition) is 1. The van der Waals surface area contributed by atoms with Gasteiger partial charge in [0, 0.05) is 6.92 Å². The summed E-state index contributed by atoms with van der Waals surface area (Å²) in [6.45, 7) is 1.18. The maximum atomic E-state index is 13.4. The fraction of sp³-hybridized carbons (Fsp3) is 0.200. The van der Waals surface area contributed by atoms with Crippen molar-refractivity contribution in [2.24, 2.45) is 0 Å². The molecule has 1 aromatic carbocycles. The van der Waals surface area contributed by atoms with Gasteiger partial charge < -0.3 is 4.52 Å². The van der Waals surface area contributed by atoms with Gasteiger partial charge in [-0.05, 0) is 12.1 Å². The van der Waals surface area contributed by atoms with Crippen LogP contribution in [0.4, 0.5) is 10.1 Å². The van der Waals surface area contributed by atoms with Gasteiger partial charge in [0.05, 0.1) is 11.5 Å². The second kappa shape index (κ2) is 5.54. The minimum atomic E-state index is -4.30. The molecule has 0 amide bonds. The lowest BCUT2D eigenvalue weighted by Gasteiger charge is -2.05. The Bertz CT molecular complexity index is 788. The molecule has 0 aliphatic carbocycles. The molecule has 0 atom stereocenters. The minimum Gasteiger partial charge on any atom is -0.340 e. The zero-order valence-corrected chi connectivity index (χ0v) is 11.4. The van der Waals surface area contributed by atoms with Crippen LogP contribution in [-0.4, -0.2) is 23.5 Å². The second-order valence-corrected chi connectivity index (χ2v) is 5.63. The van der Waals surface area contributed by atoms with Crippen molar-refractivity contribution < 1.29 is 22.3 Å². The van der Waals surface area contributed by atoms with Crippen molar-refractivity contribution in [3.63, 3.8) is 0 Å². The molecule has 0 aliphatic heterocycles. The third-order valence-corrected chi connectivity index (χ3v) is 3.84. The Labute approximate surface area is 118 Å². The first-order valence-electron chi connectivity index (χ1n) is 5.53. The van der Waals surface area contributed by atoms with Crippen molar-refractivity contribution in [2.75, 3.05) is 0 Å². The third kappa shape index (κ3) is 3.20. The first-order chi connectivity index (χ1) is 9.81. The third-order valence-electron chi connectivity index (χ3n) is 2.41. The van der Waals surface area contributed by atoms with E-state index in [1.807, 2.05) is 4.72 Å². The molecule has 0 aliphatic rings. The van der Waals surface area contributed by atoms with Crippen molar-refractivity contribution in [1.82, 2.24) is 14.9 Å². The van der Waals surface area contributed by atoms with Crippen LogP contribution in [0.15, 0.2) is 27.6 Å². The molecule has 0 radical (unpaired) electrons. The summed E-state index contributed by atoms with van der Waals surface area (Å²) in [6.07, 6.45) is 0. The Morgan fingerprint density at radius 1 is 1.48 bits per heavy atom. The maximum Gasteiger partial charge on any atom is 0.324 e. The van der Waals surface area contributed by atoms with E-state index < -0.39 is 31.3 Å². The molecule has 0 bridgehead atoms. The predicted molar refractivity (Wildman–Crippen MR) is 66.1 cm³/mol. The Kier molecular flexibility index (Phi) is 3.95. The standard InChI is InChI=1S/C10H9FN4O5S/c1-6-13-9(14-20-6)5-12-21(18,19)8-4-2-3-7(11)10(8)15(16)17/h2-4,12H,5H2,1H3. The highest BCUT2D eigenvalue weighted by atomic mass is 32.2. The molecule has 21 heavy (non-hydrogen) atoms. The SMILES string of the molecule is Cc1nc(CNS(=O)(=O)c2cccc(F)c2[N+](=O)[O-])no1. The molecule has 0 saturated carbocycles. The number of nitrogens with one attached hydrogen (secondary N) is 1. The molecule has 112 valence electrons. The van der Waals surface area contributed by atoms with Crippen molar-refractivity contribution >= 4 is 15.7 Å². The Balaban J connectivity index is 2.32. The van der Waals surface area contributed by atoms with Crippen LogP contribution in [0.2, 0.25) is 0 Å². The lowest BCUT2D eigenvalue weighted by atomic mass is 10.3. The summed E-state index contributed by atoms with van der Waals surface area (Å²) in [7, 11) is -4.30. The summed E-state index contributed by atoms with van der Waals surface area (Å²) >= 11 is 0. The molecule has 2 rings (SSSR count). The molecule has 0 unspecified atom stereocenters. The molecule has 0 saturated heterocycles. The summed E-state index contributed by atoms with van der Waals surface area (Å²) < 4.78 is 44.2. The molecule has 0 spiro atoms. The van der Waals surface area contributed by atoms with E-state index in [1.165, 1.54) is 6.92 Å². The molecule has 1 aromatic heterocycles. The van der Waals surface area contributed by atoms with Crippen LogP contribution in [0.25, 0.3) is 0 Å². The Hall–Kier alpha value is -2.40. The van der Waals surface area contributed by atoms with Gasteiger partial charge >= 0.3 is 5.69 Å². The van der Waals surface area contributed by atoms with E-state index in [4.69, 9.17) is 0 Å². The molecule has 9 nitrogen and oxygen atoms in total.